The largest absolute Gasteiger partial charge is 0.454 e. The lowest BCUT2D eigenvalue weighted by molar-refractivity contribution is -0.149. The molecule has 8 nitrogen and oxygen atoms in total. The van der Waals surface area contributed by atoms with E-state index in [0.29, 0.717) is 5.69 Å². The second-order valence-corrected chi connectivity index (χ2v) is 7.98. The van der Waals surface area contributed by atoms with E-state index < -0.39 is 30.6 Å². The van der Waals surface area contributed by atoms with Crippen molar-refractivity contribution in [2.45, 2.75) is 19.1 Å². The molecule has 0 bridgehead atoms. The number of nitrogens with zero attached hydrogens (tertiary/aromatic N) is 1. The van der Waals surface area contributed by atoms with Crippen molar-refractivity contribution in [2.24, 2.45) is 0 Å². The minimum absolute atomic E-state index is 0.0576. The number of esters is 1. The van der Waals surface area contributed by atoms with Crippen LogP contribution >= 0.6 is 0 Å². The maximum absolute atomic E-state index is 12.8. The van der Waals surface area contributed by atoms with Gasteiger partial charge < -0.3 is 20.1 Å². The van der Waals surface area contributed by atoms with Crippen LogP contribution in [0.25, 0.3) is 10.9 Å². The molecule has 3 aromatic carbocycles. The van der Waals surface area contributed by atoms with Gasteiger partial charge in [0.2, 0.25) is 0 Å². The molecule has 8 heteroatoms. The van der Waals surface area contributed by atoms with Gasteiger partial charge in [-0.1, -0.05) is 66.7 Å². The summed E-state index contributed by atoms with van der Waals surface area (Å²) in [6.45, 7) is -0.455. The summed E-state index contributed by atoms with van der Waals surface area (Å²) in [5.41, 5.74) is 2.92. The van der Waals surface area contributed by atoms with Gasteiger partial charge in [-0.15, -0.1) is 0 Å². The van der Waals surface area contributed by atoms with Crippen molar-refractivity contribution in [2.75, 3.05) is 11.9 Å². The van der Waals surface area contributed by atoms with Gasteiger partial charge in [0.1, 0.15) is 12.6 Å². The summed E-state index contributed by atoms with van der Waals surface area (Å²) in [7, 11) is 0. The van der Waals surface area contributed by atoms with E-state index in [1.54, 1.807) is 24.4 Å². The molecular weight excluding hydrogens is 458 g/mol. The Morgan fingerprint density at radius 1 is 0.778 bits per heavy atom. The molecule has 0 radical (unpaired) electrons. The van der Waals surface area contributed by atoms with Crippen molar-refractivity contribution in [3.05, 3.63) is 108 Å². The molecule has 2 N–H and O–H groups in total. The molecule has 0 aliphatic carbocycles. The lowest BCUT2D eigenvalue weighted by Gasteiger charge is -2.18. The van der Waals surface area contributed by atoms with Crippen LogP contribution in [0, 0.1) is 0 Å². The molecule has 4 rings (SSSR count). The fourth-order valence-electron chi connectivity index (χ4n) is 3.59. The van der Waals surface area contributed by atoms with E-state index in [0.717, 1.165) is 22.0 Å². The Labute approximate surface area is 208 Å². The van der Waals surface area contributed by atoms with E-state index in [1.807, 2.05) is 72.8 Å². The molecule has 1 atom stereocenters. The smallest absolute Gasteiger partial charge is 0.408 e. The number of hydrogen-bond acceptors (Lipinski definition) is 6. The van der Waals surface area contributed by atoms with Crippen LogP contribution in [0.1, 0.15) is 11.1 Å². The third-order valence-electron chi connectivity index (χ3n) is 5.34. The molecule has 0 aliphatic rings. The summed E-state index contributed by atoms with van der Waals surface area (Å²) in [6, 6.07) is 26.3. The number of anilines is 1. The first kappa shape index (κ1) is 24.4. The van der Waals surface area contributed by atoms with Gasteiger partial charge in [-0.3, -0.25) is 9.78 Å². The number of carbonyl (C=O) groups is 3. The zero-order valence-electron chi connectivity index (χ0n) is 19.4. The van der Waals surface area contributed by atoms with Crippen LogP contribution < -0.4 is 10.6 Å². The Bertz CT molecular complexity index is 1320. The lowest BCUT2D eigenvalue weighted by Crippen LogP contribution is -2.44. The van der Waals surface area contributed by atoms with Gasteiger partial charge in [0.15, 0.2) is 6.61 Å². The van der Waals surface area contributed by atoms with E-state index in [-0.39, 0.29) is 13.0 Å². The highest BCUT2D eigenvalue weighted by atomic mass is 16.6. The fourth-order valence-corrected chi connectivity index (χ4v) is 3.59. The van der Waals surface area contributed by atoms with E-state index in [9.17, 15) is 14.4 Å². The van der Waals surface area contributed by atoms with Crippen molar-refractivity contribution in [1.82, 2.24) is 10.3 Å². The SMILES string of the molecule is O=C(COC(=O)[C@H](Cc1ccccc1)NC(=O)OCc1ccccc1)Nc1cccc2ncccc12. The Morgan fingerprint density at radius 2 is 1.50 bits per heavy atom. The summed E-state index contributed by atoms with van der Waals surface area (Å²) in [4.78, 5) is 42.0. The number of alkyl carbamates (subject to hydrolysis) is 1. The number of pyridine rings is 1. The first-order chi connectivity index (χ1) is 17.6. The van der Waals surface area contributed by atoms with E-state index in [4.69, 9.17) is 9.47 Å². The van der Waals surface area contributed by atoms with Crippen molar-refractivity contribution < 1.29 is 23.9 Å². The summed E-state index contributed by atoms with van der Waals surface area (Å²) in [5, 5.41) is 6.07. The Morgan fingerprint density at radius 3 is 2.25 bits per heavy atom. The van der Waals surface area contributed by atoms with Gasteiger partial charge in [0.05, 0.1) is 11.2 Å². The molecule has 0 unspecified atom stereocenters. The quantitative estimate of drug-likeness (QED) is 0.345. The van der Waals surface area contributed by atoms with Gasteiger partial charge in [0, 0.05) is 18.0 Å². The summed E-state index contributed by atoms with van der Waals surface area (Å²) >= 11 is 0. The standard InChI is InChI=1S/C28H25N3O5/c32-26(30-24-15-7-14-23-22(24)13-8-16-29-23)19-35-27(33)25(17-20-9-3-1-4-10-20)31-28(34)36-18-21-11-5-2-6-12-21/h1-16,25H,17-19H2,(H,30,32)(H,31,34)/t25-/m0/s1. The van der Waals surface area contributed by atoms with Crippen LogP contribution in [0.5, 0.6) is 0 Å². The average Bonchev–Trinajstić information content (AvgIpc) is 2.91. The third kappa shape index (κ3) is 6.89. The molecule has 182 valence electrons. The van der Waals surface area contributed by atoms with Crippen molar-refractivity contribution in [3.8, 4) is 0 Å². The van der Waals surface area contributed by atoms with Crippen LogP contribution in [-0.4, -0.2) is 35.6 Å². The summed E-state index contributed by atoms with van der Waals surface area (Å²) < 4.78 is 10.5. The monoisotopic (exact) mass is 483 g/mol. The molecule has 0 spiro atoms. The molecule has 36 heavy (non-hydrogen) atoms. The lowest BCUT2D eigenvalue weighted by atomic mass is 10.1. The zero-order valence-corrected chi connectivity index (χ0v) is 19.4. The maximum Gasteiger partial charge on any atom is 0.408 e. The average molecular weight is 484 g/mol. The van der Waals surface area contributed by atoms with Crippen molar-refractivity contribution in [1.29, 1.82) is 0 Å². The predicted molar refractivity (Wildman–Crippen MR) is 135 cm³/mol. The summed E-state index contributed by atoms with van der Waals surface area (Å²) in [6.07, 6.45) is 1.08. The van der Waals surface area contributed by atoms with Crippen molar-refractivity contribution >= 4 is 34.6 Å². The number of amides is 2. The molecule has 2 amide bonds. The van der Waals surface area contributed by atoms with Crippen LogP contribution in [-0.2, 0) is 32.1 Å². The van der Waals surface area contributed by atoms with Crippen molar-refractivity contribution in [3.63, 3.8) is 0 Å². The minimum Gasteiger partial charge on any atom is -0.454 e. The highest BCUT2D eigenvalue weighted by molar-refractivity contribution is 6.01. The van der Waals surface area contributed by atoms with Gasteiger partial charge >= 0.3 is 12.1 Å². The second-order valence-electron chi connectivity index (χ2n) is 7.98. The molecule has 1 heterocycles. The number of rotatable bonds is 9. The number of nitrogens with one attached hydrogen (secondary N) is 2. The van der Waals surface area contributed by atoms with E-state index in [1.165, 1.54) is 0 Å². The van der Waals surface area contributed by atoms with E-state index >= 15 is 0 Å². The number of hydrogen-bond donors (Lipinski definition) is 2. The van der Waals surface area contributed by atoms with Gasteiger partial charge in [0.25, 0.3) is 5.91 Å². The van der Waals surface area contributed by atoms with Gasteiger partial charge in [-0.2, -0.15) is 0 Å². The highest BCUT2D eigenvalue weighted by Gasteiger charge is 2.24. The first-order valence-electron chi connectivity index (χ1n) is 11.4. The third-order valence-corrected chi connectivity index (χ3v) is 5.34. The number of fused-ring (bicyclic) bond motifs is 1. The Balaban J connectivity index is 1.36. The van der Waals surface area contributed by atoms with Gasteiger partial charge in [-0.05, 0) is 35.4 Å². The number of benzene rings is 3. The molecule has 0 fully saturated rings. The predicted octanol–water partition coefficient (Wildman–Crippen LogP) is 4.25. The molecule has 0 aliphatic heterocycles. The van der Waals surface area contributed by atoms with Crippen LogP contribution in [0.4, 0.5) is 10.5 Å². The minimum atomic E-state index is -1.04. The van der Waals surface area contributed by atoms with Crippen LogP contribution in [0.2, 0.25) is 0 Å². The van der Waals surface area contributed by atoms with Crippen LogP contribution in [0.3, 0.4) is 0 Å². The normalized spacial score (nSPS) is 11.3. The van der Waals surface area contributed by atoms with Crippen LogP contribution in [0.15, 0.2) is 97.2 Å². The Kier molecular flexibility index (Phi) is 8.22. The Hall–Kier alpha value is -4.72. The highest BCUT2D eigenvalue weighted by Crippen LogP contribution is 2.21. The second kappa shape index (κ2) is 12.1. The first-order valence-corrected chi connectivity index (χ1v) is 11.4. The van der Waals surface area contributed by atoms with E-state index in [2.05, 4.69) is 15.6 Å². The molecule has 0 saturated carbocycles. The molecular formula is C28H25N3O5. The number of carbonyl (C=O) groups excluding carboxylic acids is 3. The molecule has 4 aromatic rings. The zero-order chi connectivity index (χ0) is 25.2. The summed E-state index contributed by atoms with van der Waals surface area (Å²) in [5.74, 6) is -1.25. The maximum atomic E-state index is 12.8. The topological polar surface area (TPSA) is 107 Å². The number of aromatic nitrogens is 1. The molecule has 0 saturated heterocycles. The number of ether oxygens (including phenoxy) is 2. The van der Waals surface area contributed by atoms with Gasteiger partial charge in [-0.25, -0.2) is 9.59 Å². The molecule has 1 aromatic heterocycles. The fraction of sp³-hybridized carbons (Fsp3) is 0.143.